The minimum absolute atomic E-state index is 0.00520. The van der Waals surface area contributed by atoms with Gasteiger partial charge in [-0.2, -0.15) is 0 Å². The number of nitrogens with one attached hydrogen (secondary N) is 1. The van der Waals surface area contributed by atoms with Gasteiger partial charge >= 0.3 is 0 Å². The molecule has 0 radical (unpaired) electrons. The molecule has 1 heterocycles. The van der Waals surface area contributed by atoms with Gasteiger partial charge in [-0.3, -0.25) is 4.79 Å². The molecule has 0 fully saturated rings. The minimum atomic E-state index is -0.608. The van der Waals surface area contributed by atoms with Crippen molar-refractivity contribution >= 4 is 10.9 Å². The Morgan fingerprint density at radius 2 is 2.09 bits per heavy atom. The molecule has 0 saturated heterocycles. The molecule has 22 heavy (non-hydrogen) atoms. The van der Waals surface area contributed by atoms with E-state index >= 15 is 0 Å². The maximum absolute atomic E-state index is 14.1. The largest absolute Gasteiger partial charge is 0.492 e. The van der Waals surface area contributed by atoms with Gasteiger partial charge in [0.05, 0.1) is 23.6 Å². The Balaban J connectivity index is 2.26. The van der Waals surface area contributed by atoms with Crippen LogP contribution in [0.5, 0.6) is 5.75 Å². The number of nitrogens with zero attached hydrogens (tertiary/aromatic N) is 1. The third-order valence-electron chi connectivity index (χ3n) is 3.29. The SMILES string of the molecule is C#Cc1cc(-c2nc3ccccc3c(=O)[nH]2)cc(F)c1OC. The lowest BCUT2D eigenvalue weighted by Gasteiger charge is -2.08. The molecule has 0 aliphatic heterocycles. The van der Waals surface area contributed by atoms with E-state index in [9.17, 15) is 9.18 Å². The number of rotatable bonds is 2. The maximum Gasteiger partial charge on any atom is 0.259 e. The highest BCUT2D eigenvalue weighted by Gasteiger charge is 2.13. The number of H-pyrrole nitrogens is 1. The molecule has 0 spiro atoms. The Hall–Kier alpha value is -3.13. The third kappa shape index (κ3) is 2.21. The van der Waals surface area contributed by atoms with Crippen LogP contribution in [0.25, 0.3) is 22.3 Å². The van der Waals surface area contributed by atoms with E-state index in [1.54, 1.807) is 30.3 Å². The van der Waals surface area contributed by atoms with Crippen molar-refractivity contribution in [3.05, 3.63) is 58.1 Å². The molecule has 0 aliphatic carbocycles. The van der Waals surface area contributed by atoms with Crippen molar-refractivity contribution < 1.29 is 9.13 Å². The summed E-state index contributed by atoms with van der Waals surface area (Å²) in [6.45, 7) is 0. The molecule has 2 aromatic carbocycles. The molecule has 3 rings (SSSR count). The van der Waals surface area contributed by atoms with Crippen LogP contribution in [0.3, 0.4) is 0 Å². The van der Waals surface area contributed by atoms with Gasteiger partial charge < -0.3 is 9.72 Å². The lowest BCUT2D eigenvalue weighted by molar-refractivity contribution is 0.385. The number of fused-ring (bicyclic) bond motifs is 1. The zero-order valence-corrected chi connectivity index (χ0v) is 11.7. The van der Waals surface area contributed by atoms with Crippen LogP contribution < -0.4 is 10.3 Å². The maximum atomic E-state index is 14.1. The second-order valence-corrected chi connectivity index (χ2v) is 4.61. The van der Waals surface area contributed by atoms with Gasteiger partial charge in [-0.25, -0.2) is 9.37 Å². The average Bonchev–Trinajstić information content (AvgIpc) is 2.54. The first kappa shape index (κ1) is 13.8. The molecule has 4 nitrogen and oxygen atoms in total. The zero-order valence-electron chi connectivity index (χ0n) is 11.7. The van der Waals surface area contributed by atoms with Gasteiger partial charge in [0.1, 0.15) is 5.82 Å². The molecule has 0 bridgehead atoms. The van der Waals surface area contributed by atoms with Crippen molar-refractivity contribution in [2.24, 2.45) is 0 Å². The topological polar surface area (TPSA) is 55.0 Å². The summed E-state index contributed by atoms with van der Waals surface area (Å²) < 4.78 is 19.0. The number of halogens is 1. The summed E-state index contributed by atoms with van der Waals surface area (Å²) in [4.78, 5) is 19.1. The molecule has 0 saturated carbocycles. The lowest BCUT2D eigenvalue weighted by Crippen LogP contribution is -2.09. The average molecular weight is 294 g/mol. The Morgan fingerprint density at radius 3 is 2.82 bits per heavy atom. The van der Waals surface area contributed by atoms with Gasteiger partial charge in [0.25, 0.3) is 5.56 Å². The number of para-hydroxylation sites is 1. The summed E-state index contributed by atoms with van der Waals surface area (Å²) in [5, 5.41) is 0.470. The number of aromatic amines is 1. The van der Waals surface area contributed by atoms with Crippen LogP contribution in [0.2, 0.25) is 0 Å². The molecular weight excluding hydrogens is 283 g/mol. The number of aromatic nitrogens is 2. The van der Waals surface area contributed by atoms with Crippen molar-refractivity contribution in [3.8, 4) is 29.5 Å². The first-order valence-corrected chi connectivity index (χ1v) is 6.47. The highest BCUT2D eigenvalue weighted by Crippen LogP contribution is 2.28. The van der Waals surface area contributed by atoms with E-state index in [-0.39, 0.29) is 22.7 Å². The number of terminal acetylenes is 1. The van der Waals surface area contributed by atoms with Gasteiger partial charge in [-0.05, 0) is 24.3 Å². The fraction of sp³-hybridized carbons (Fsp3) is 0.0588. The first-order valence-electron chi connectivity index (χ1n) is 6.47. The number of hydrogen-bond donors (Lipinski definition) is 1. The smallest absolute Gasteiger partial charge is 0.259 e. The van der Waals surface area contributed by atoms with Crippen molar-refractivity contribution in [2.75, 3.05) is 7.11 Å². The van der Waals surface area contributed by atoms with Gasteiger partial charge in [0, 0.05) is 5.56 Å². The molecule has 0 atom stereocenters. The van der Waals surface area contributed by atoms with E-state index in [1.165, 1.54) is 13.2 Å². The van der Waals surface area contributed by atoms with Gasteiger partial charge in [-0.15, -0.1) is 6.42 Å². The van der Waals surface area contributed by atoms with Gasteiger partial charge in [0.2, 0.25) is 0 Å². The van der Waals surface area contributed by atoms with Crippen molar-refractivity contribution in [1.82, 2.24) is 9.97 Å². The second-order valence-electron chi connectivity index (χ2n) is 4.61. The molecule has 0 aliphatic rings. The van der Waals surface area contributed by atoms with Gasteiger partial charge in [-0.1, -0.05) is 18.1 Å². The molecule has 108 valence electrons. The summed E-state index contributed by atoms with van der Waals surface area (Å²) in [7, 11) is 1.34. The number of ether oxygens (including phenoxy) is 1. The molecule has 1 aromatic heterocycles. The summed E-state index contributed by atoms with van der Waals surface area (Å²) >= 11 is 0. The second kappa shape index (κ2) is 5.34. The lowest BCUT2D eigenvalue weighted by atomic mass is 10.1. The molecule has 5 heteroatoms. The Bertz CT molecular complexity index is 971. The van der Waals surface area contributed by atoms with E-state index in [4.69, 9.17) is 11.2 Å². The van der Waals surface area contributed by atoms with Gasteiger partial charge in [0.15, 0.2) is 11.6 Å². The predicted molar refractivity (Wildman–Crippen MR) is 82.2 cm³/mol. The van der Waals surface area contributed by atoms with E-state index in [0.29, 0.717) is 16.5 Å². The van der Waals surface area contributed by atoms with Crippen LogP contribution in [0.15, 0.2) is 41.2 Å². The summed E-state index contributed by atoms with van der Waals surface area (Å²) in [5.74, 6) is 2.00. The number of hydrogen-bond acceptors (Lipinski definition) is 3. The van der Waals surface area contributed by atoms with Crippen LogP contribution in [0.4, 0.5) is 4.39 Å². The highest BCUT2D eigenvalue weighted by molar-refractivity contribution is 5.79. The van der Waals surface area contributed by atoms with E-state index < -0.39 is 5.82 Å². The Labute approximate surface area is 125 Å². The van der Waals surface area contributed by atoms with Crippen LogP contribution in [-0.2, 0) is 0 Å². The summed E-state index contributed by atoms with van der Waals surface area (Å²) in [6, 6.07) is 9.70. The number of benzene rings is 2. The normalized spacial score (nSPS) is 10.4. The molecule has 0 amide bonds. The predicted octanol–water partition coefficient (Wildman–Crippen LogP) is 2.72. The fourth-order valence-electron chi connectivity index (χ4n) is 2.27. The quantitative estimate of drug-likeness (QED) is 0.739. The molecule has 1 N–H and O–H groups in total. The Kier molecular flexibility index (Phi) is 3.36. The summed E-state index contributed by atoms with van der Waals surface area (Å²) in [6.07, 6.45) is 5.37. The monoisotopic (exact) mass is 294 g/mol. The van der Waals surface area contributed by atoms with E-state index in [2.05, 4.69) is 15.9 Å². The number of methoxy groups -OCH3 is 1. The van der Waals surface area contributed by atoms with Crippen molar-refractivity contribution in [1.29, 1.82) is 0 Å². The van der Waals surface area contributed by atoms with Crippen LogP contribution in [-0.4, -0.2) is 17.1 Å². The van der Waals surface area contributed by atoms with Crippen molar-refractivity contribution in [2.45, 2.75) is 0 Å². The molecular formula is C17H11FN2O2. The van der Waals surface area contributed by atoms with Crippen LogP contribution in [0, 0.1) is 18.2 Å². The van der Waals surface area contributed by atoms with E-state index in [1.807, 2.05) is 0 Å². The molecule has 0 unspecified atom stereocenters. The van der Waals surface area contributed by atoms with E-state index in [0.717, 1.165) is 0 Å². The minimum Gasteiger partial charge on any atom is -0.492 e. The zero-order chi connectivity index (χ0) is 15.7. The first-order chi connectivity index (χ1) is 10.6. The van der Waals surface area contributed by atoms with Crippen LogP contribution >= 0.6 is 0 Å². The summed E-state index contributed by atoms with van der Waals surface area (Å²) in [5.41, 5.74) is 0.876. The van der Waals surface area contributed by atoms with Crippen molar-refractivity contribution in [3.63, 3.8) is 0 Å². The Morgan fingerprint density at radius 1 is 1.32 bits per heavy atom. The van der Waals surface area contributed by atoms with Crippen LogP contribution in [0.1, 0.15) is 5.56 Å². The standard InChI is InChI=1S/C17H11FN2O2/c1-3-10-8-11(9-13(18)15(10)22-2)16-19-14-7-5-4-6-12(14)17(21)20-16/h1,4-9H,2H3,(H,19,20,21). The highest BCUT2D eigenvalue weighted by atomic mass is 19.1. The molecule has 3 aromatic rings. The third-order valence-corrected chi connectivity index (χ3v) is 3.29. The fourth-order valence-corrected chi connectivity index (χ4v) is 2.27.